The van der Waals surface area contributed by atoms with E-state index in [2.05, 4.69) is 25.3 Å². The molecule has 1 aromatic carbocycles. The average Bonchev–Trinajstić information content (AvgIpc) is 2.40. The number of unbranched alkanes of at least 4 members (excludes halogenated alkanes) is 2. The fourth-order valence-corrected chi connectivity index (χ4v) is 1.91. The lowest BCUT2D eigenvalue weighted by atomic mass is 10.3. The summed E-state index contributed by atoms with van der Waals surface area (Å²) in [5.41, 5.74) is 0. The highest BCUT2D eigenvalue weighted by atomic mass is 32.1. The van der Waals surface area contributed by atoms with Crippen molar-refractivity contribution in [2.45, 2.75) is 25.7 Å². The molecule has 18 heavy (non-hydrogen) atoms. The number of ether oxygens (including phenoxy) is 2. The van der Waals surface area contributed by atoms with Gasteiger partial charge in [0.25, 0.3) is 0 Å². The van der Waals surface area contributed by atoms with E-state index in [9.17, 15) is 0 Å². The van der Waals surface area contributed by atoms with E-state index < -0.39 is 0 Å². The first-order valence-electron chi connectivity index (χ1n) is 6.44. The number of thiol groups is 2. The van der Waals surface area contributed by atoms with E-state index in [1.165, 1.54) is 0 Å². The standard InChI is InChI=1S/C14H22O2S2/c17-10-3-1-8-15-13-6-5-7-14(12-13)16-9-2-4-11-18/h5-7,12,17-18H,1-4,8-11H2. The molecule has 0 aliphatic heterocycles. The monoisotopic (exact) mass is 286 g/mol. The number of rotatable bonds is 10. The van der Waals surface area contributed by atoms with Gasteiger partial charge < -0.3 is 9.47 Å². The molecule has 0 aromatic heterocycles. The third-order valence-electron chi connectivity index (χ3n) is 2.45. The molecule has 1 aromatic rings. The van der Waals surface area contributed by atoms with Gasteiger partial charge in [-0.2, -0.15) is 25.3 Å². The van der Waals surface area contributed by atoms with Crippen LogP contribution in [0.15, 0.2) is 24.3 Å². The summed E-state index contributed by atoms with van der Waals surface area (Å²) in [6.45, 7) is 1.48. The summed E-state index contributed by atoms with van der Waals surface area (Å²) < 4.78 is 11.3. The predicted octanol–water partition coefficient (Wildman–Crippen LogP) is 3.86. The van der Waals surface area contributed by atoms with Crippen LogP contribution in [0.3, 0.4) is 0 Å². The minimum atomic E-state index is 0.740. The van der Waals surface area contributed by atoms with Crippen molar-refractivity contribution >= 4 is 25.3 Å². The Kier molecular flexibility index (Phi) is 9.04. The van der Waals surface area contributed by atoms with Crippen LogP contribution in [0.2, 0.25) is 0 Å². The minimum absolute atomic E-state index is 0.740. The van der Waals surface area contributed by atoms with Crippen molar-refractivity contribution in [1.29, 1.82) is 0 Å². The molecular weight excluding hydrogens is 264 g/mol. The lowest BCUT2D eigenvalue weighted by Gasteiger charge is -2.09. The summed E-state index contributed by atoms with van der Waals surface area (Å²) in [4.78, 5) is 0. The zero-order valence-corrected chi connectivity index (χ0v) is 12.5. The molecule has 0 bridgehead atoms. The third-order valence-corrected chi connectivity index (χ3v) is 3.08. The molecule has 0 saturated heterocycles. The Labute approximate surface area is 121 Å². The van der Waals surface area contributed by atoms with Crippen LogP contribution in [-0.2, 0) is 0 Å². The zero-order valence-electron chi connectivity index (χ0n) is 10.7. The van der Waals surface area contributed by atoms with Gasteiger partial charge in [0.05, 0.1) is 13.2 Å². The fourth-order valence-electron chi connectivity index (χ4n) is 1.46. The van der Waals surface area contributed by atoms with Gasteiger partial charge >= 0.3 is 0 Å². The summed E-state index contributed by atoms with van der Waals surface area (Å²) in [5.74, 6) is 3.58. The largest absolute Gasteiger partial charge is 0.493 e. The highest BCUT2D eigenvalue weighted by Crippen LogP contribution is 2.20. The highest BCUT2D eigenvalue weighted by Gasteiger charge is 1.98. The van der Waals surface area contributed by atoms with Gasteiger partial charge in [-0.15, -0.1) is 0 Å². The Morgan fingerprint density at radius 2 is 1.28 bits per heavy atom. The lowest BCUT2D eigenvalue weighted by Crippen LogP contribution is -2.00. The van der Waals surface area contributed by atoms with Crippen molar-refractivity contribution in [2.24, 2.45) is 0 Å². The van der Waals surface area contributed by atoms with Crippen LogP contribution >= 0.6 is 25.3 Å². The van der Waals surface area contributed by atoms with Crippen LogP contribution in [0.1, 0.15) is 25.7 Å². The highest BCUT2D eigenvalue weighted by molar-refractivity contribution is 7.80. The maximum atomic E-state index is 5.65. The van der Waals surface area contributed by atoms with Gasteiger partial charge in [-0.1, -0.05) is 6.07 Å². The first kappa shape index (κ1) is 15.6. The van der Waals surface area contributed by atoms with Crippen molar-refractivity contribution in [3.63, 3.8) is 0 Å². The SMILES string of the molecule is SCCCCOc1cccc(OCCCCS)c1. The van der Waals surface area contributed by atoms with Crippen molar-refractivity contribution in [3.8, 4) is 11.5 Å². The predicted molar refractivity (Wildman–Crippen MR) is 83.6 cm³/mol. The van der Waals surface area contributed by atoms with Gasteiger partial charge in [0, 0.05) is 6.07 Å². The van der Waals surface area contributed by atoms with E-state index in [0.29, 0.717) is 0 Å². The van der Waals surface area contributed by atoms with Gasteiger partial charge in [-0.05, 0) is 49.3 Å². The van der Waals surface area contributed by atoms with Crippen molar-refractivity contribution in [1.82, 2.24) is 0 Å². The summed E-state index contributed by atoms with van der Waals surface area (Å²) >= 11 is 8.34. The maximum absolute atomic E-state index is 5.65. The molecule has 0 aliphatic rings. The summed E-state index contributed by atoms with van der Waals surface area (Å²) in [6, 6.07) is 7.83. The van der Waals surface area contributed by atoms with Crippen molar-refractivity contribution in [3.05, 3.63) is 24.3 Å². The fraction of sp³-hybridized carbons (Fsp3) is 0.571. The third kappa shape index (κ3) is 7.07. The summed E-state index contributed by atoms with van der Waals surface area (Å²) in [5, 5.41) is 0. The van der Waals surface area contributed by atoms with Crippen LogP contribution in [0, 0.1) is 0 Å². The summed E-state index contributed by atoms with van der Waals surface area (Å²) in [6.07, 6.45) is 4.25. The molecule has 102 valence electrons. The second-order valence-electron chi connectivity index (χ2n) is 4.03. The molecule has 0 amide bonds. The number of benzene rings is 1. The second kappa shape index (κ2) is 10.4. The summed E-state index contributed by atoms with van der Waals surface area (Å²) in [7, 11) is 0. The van der Waals surface area contributed by atoms with E-state index in [1.54, 1.807) is 0 Å². The lowest BCUT2D eigenvalue weighted by molar-refractivity contribution is 0.294. The van der Waals surface area contributed by atoms with E-state index in [0.717, 1.165) is 61.9 Å². The van der Waals surface area contributed by atoms with Gasteiger partial charge in [0.15, 0.2) is 0 Å². The number of hydrogen-bond donors (Lipinski definition) is 2. The van der Waals surface area contributed by atoms with E-state index in [4.69, 9.17) is 9.47 Å². The van der Waals surface area contributed by atoms with E-state index >= 15 is 0 Å². The van der Waals surface area contributed by atoms with Crippen molar-refractivity contribution < 1.29 is 9.47 Å². The van der Waals surface area contributed by atoms with E-state index in [-0.39, 0.29) is 0 Å². The molecule has 0 spiro atoms. The molecule has 0 fully saturated rings. The Hall–Kier alpha value is -0.480. The molecule has 1 rings (SSSR count). The Morgan fingerprint density at radius 3 is 1.72 bits per heavy atom. The van der Waals surface area contributed by atoms with E-state index in [1.807, 2.05) is 24.3 Å². The molecule has 0 heterocycles. The van der Waals surface area contributed by atoms with Gasteiger partial charge in [-0.25, -0.2) is 0 Å². The quantitative estimate of drug-likeness (QED) is 0.502. The smallest absolute Gasteiger partial charge is 0.122 e. The Bertz CT molecular complexity index is 291. The minimum Gasteiger partial charge on any atom is -0.493 e. The first-order chi connectivity index (χ1) is 8.86. The molecule has 0 unspecified atom stereocenters. The van der Waals surface area contributed by atoms with Gasteiger partial charge in [-0.3, -0.25) is 0 Å². The van der Waals surface area contributed by atoms with Crippen LogP contribution in [0.25, 0.3) is 0 Å². The average molecular weight is 286 g/mol. The van der Waals surface area contributed by atoms with Crippen LogP contribution in [-0.4, -0.2) is 24.7 Å². The molecule has 4 heteroatoms. The molecular formula is C14H22O2S2. The second-order valence-corrected chi connectivity index (χ2v) is 4.93. The van der Waals surface area contributed by atoms with Gasteiger partial charge in [0.2, 0.25) is 0 Å². The Balaban J connectivity index is 2.27. The molecule has 0 N–H and O–H groups in total. The van der Waals surface area contributed by atoms with Crippen LogP contribution in [0.4, 0.5) is 0 Å². The van der Waals surface area contributed by atoms with Gasteiger partial charge in [0.1, 0.15) is 11.5 Å². The maximum Gasteiger partial charge on any atom is 0.122 e. The number of hydrogen-bond acceptors (Lipinski definition) is 4. The molecule has 0 radical (unpaired) electrons. The molecule has 2 nitrogen and oxygen atoms in total. The molecule has 0 saturated carbocycles. The van der Waals surface area contributed by atoms with Crippen molar-refractivity contribution in [2.75, 3.05) is 24.7 Å². The molecule has 0 atom stereocenters. The Morgan fingerprint density at radius 1 is 0.778 bits per heavy atom. The van der Waals surface area contributed by atoms with Crippen LogP contribution in [0.5, 0.6) is 11.5 Å². The molecule has 0 aliphatic carbocycles. The topological polar surface area (TPSA) is 18.5 Å². The zero-order chi connectivity index (χ0) is 13.1. The van der Waals surface area contributed by atoms with Crippen LogP contribution < -0.4 is 9.47 Å². The normalized spacial score (nSPS) is 10.3. The first-order valence-corrected chi connectivity index (χ1v) is 7.70.